The van der Waals surface area contributed by atoms with Crippen molar-refractivity contribution >= 4 is 33.2 Å². The molecule has 0 aliphatic heterocycles. The van der Waals surface area contributed by atoms with Crippen LogP contribution in [0.1, 0.15) is 18.7 Å². The van der Waals surface area contributed by atoms with E-state index in [1.54, 1.807) is 0 Å². The molecule has 0 aliphatic rings. The molecule has 0 saturated carbocycles. The van der Waals surface area contributed by atoms with Gasteiger partial charge in [0, 0.05) is 6.42 Å². The van der Waals surface area contributed by atoms with Gasteiger partial charge in [-0.3, -0.25) is 9.69 Å². The summed E-state index contributed by atoms with van der Waals surface area (Å²) in [7, 11) is 1.90. The summed E-state index contributed by atoms with van der Waals surface area (Å²) in [6.45, 7) is 1.19. The average molecular weight is 360 g/mol. The number of rotatable bonds is 7. The lowest BCUT2D eigenvalue weighted by Crippen LogP contribution is -2.20. The van der Waals surface area contributed by atoms with E-state index < -0.39 is 5.97 Å². The van der Waals surface area contributed by atoms with E-state index >= 15 is 0 Å². The molecule has 6 nitrogen and oxygen atoms in total. The predicted molar refractivity (Wildman–Crippen MR) is 78.5 cm³/mol. The third-order valence-electron chi connectivity index (χ3n) is 2.59. The Labute approximate surface area is 128 Å². The maximum atomic E-state index is 10.4. The fraction of sp³-hybridized carbons (Fsp3) is 0.417. The lowest BCUT2D eigenvalue weighted by atomic mass is 10.3. The first-order valence-corrected chi connectivity index (χ1v) is 7.64. The van der Waals surface area contributed by atoms with Crippen LogP contribution in [0, 0.1) is 0 Å². The molecule has 2 aromatic heterocycles. The Bertz CT molecular complexity index is 584. The van der Waals surface area contributed by atoms with E-state index in [1.165, 1.54) is 11.3 Å². The summed E-state index contributed by atoms with van der Waals surface area (Å²) in [6.07, 6.45) is 0.771. The second-order valence-electron chi connectivity index (χ2n) is 4.34. The van der Waals surface area contributed by atoms with Crippen molar-refractivity contribution in [3.05, 3.63) is 21.8 Å². The van der Waals surface area contributed by atoms with Crippen LogP contribution in [0.4, 0.5) is 0 Å². The second-order valence-corrected chi connectivity index (χ2v) is 6.80. The largest absolute Gasteiger partial charge is 0.481 e. The van der Waals surface area contributed by atoms with Gasteiger partial charge in [-0.15, -0.1) is 21.5 Å². The van der Waals surface area contributed by atoms with E-state index in [0.29, 0.717) is 31.3 Å². The van der Waals surface area contributed by atoms with Crippen molar-refractivity contribution in [2.45, 2.75) is 19.4 Å². The summed E-state index contributed by atoms with van der Waals surface area (Å²) in [5.41, 5.74) is 0. The summed E-state index contributed by atoms with van der Waals surface area (Å²) in [4.78, 5) is 13.3. The zero-order valence-electron chi connectivity index (χ0n) is 10.9. The highest BCUT2D eigenvalue weighted by atomic mass is 79.9. The minimum atomic E-state index is -0.776. The molecular formula is C12H14BrN3O3S. The Morgan fingerprint density at radius 1 is 1.50 bits per heavy atom. The number of hydrogen-bond donors (Lipinski definition) is 1. The van der Waals surface area contributed by atoms with Gasteiger partial charge >= 0.3 is 5.97 Å². The number of thiophene rings is 1. The summed E-state index contributed by atoms with van der Waals surface area (Å²) in [6, 6.07) is 3.85. The zero-order valence-corrected chi connectivity index (χ0v) is 13.3. The van der Waals surface area contributed by atoms with Crippen LogP contribution in [-0.4, -0.2) is 39.8 Å². The molecule has 0 unspecified atom stereocenters. The van der Waals surface area contributed by atoms with Crippen molar-refractivity contribution < 1.29 is 14.3 Å². The molecule has 0 atom stereocenters. The van der Waals surface area contributed by atoms with Gasteiger partial charge < -0.3 is 9.52 Å². The first-order valence-electron chi connectivity index (χ1n) is 6.03. The van der Waals surface area contributed by atoms with Gasteiger partial charge in [0.1, 0.15) is 0 Å². The Hall–Kier alpha value is -1.25. The fourth-order valence-electron chi connectivity index (χ4n) is 1.66. The van der Waals surface area contributed by atoms with Gasteiger partial charge in [0.05, 0.1) is 15.2 Å². The third-order valence-corrected chi connectivity index (χ3v) is 4.20. The Morgan fingerprint density at radius 2 is 2.30 bits per heavy atom. The van der Waals surface area contributed by atoms with Crippen LogP contribution in [0.3, 0.4) is 0 Å². The lowest BCUT2D eigenvalue weighted by molar-refractivity contribution is -0.137. The molecule has 0 aromatic carbocycles. The molecule has 0 bridgehead atoms. The third kappa shape index (κ3) is 4.39. The number of carboxylic acids is 1. The van der Waals surface area contributed by atoms with Gasteiger partial charge in [0.2, 0.25) is 5.89 Å². The monoisotopic (exact) mass is 359 g/mol. The molecule has 108 valence electrons. The Balaban J connectivity index is 1.87. The van der Waals surface area contributed by atoms with Crippen LogP contribution >= 0.6 is 27.3 Å². The van der Waals surface area contributed by atoms with Crippen LogP contribution in [0.5, 0.6) is 0 Å². The maximum absolute atomic E-state index is 10.4. The van der Waals surface area contributed by atoms with Crippen LogP contribution < -0.4 is 0 Å². The fourth-order valence-corrected chi connectivity index (χ4v) is 2.96. The first-order chi connectivity index (χ1) is 9.54. The smallest absolute Gasteiger partial charge is 0.303 e. The molecule has 2 rings (SSSR count). The van der Waals surface area contributed by atoms with Crippen LogP contribution in [0.15, 0.2) is 20.3 Å². The van der Waals surface area contributed by atoms with Crippen molar-refractivity contribution in [1.29, 1.82) is 0 Å². The number of carboxylic acid groups (broad SMARTS) is 1. The van der Waals surface area contributed by atoms with Crippen LogP contribution in [-0.2, 0) is 11.3 Å². The van der Waals surface area contributed by atoms with E-state index in [9.17, 15) is 4.79 Å². The first kappa shape index (κ1) is 15.1. The molecule has 8 heteroatoms. The number of aliphatic carboxylic acids is 1. The van der Waals surface area contributed by atoms with E-state index in [-0.39, 0.29) is 6.42 Å². The quantitative estimate of drug-likeness (QED) is 0.818. The lowest BCUT2D eigenvalue weighted by Gasteiger charge is -2.12. The average Bonchev–Trinajstić information content (AvgIpc) is 2.97. The highest BCUT2D eigenvalue weighted by Crippen LogP contribution is 2.30. The van der Waals surface area contributed by atoms with Crippen molar-refractivity contribution in [2.75, 3.05) is 13.6 Å². The van der Waals surface area contributed by atoms with Crippen molar-refractivity contribution in [3.63, 3.8) is 0 Å². The molecule has 0 spiro atoms. The number of nitrogens with zero attached hydrogens (tertiary/aromatic N) is 3. The normalized spacial score (nSPS) is 11.2. The Kier molecular flexibility index (Phi) is 5.27. The van der Waals surface area contributed by atoms with Crippen LogP contribution in [0.25, 0.3) is 10.8 Å². The number of aromatic nitrogens is 2. The predicted octanol–water partition coefficient (Wildman–Crippen LogP) is 2.86. The van der Waals surface area contributed by atoms with Crippen LogP contribution in [0.2, 0.25) is 0 Å². The van der Waals surface area contributed by atoms with Crippen molar-refractivity contribution in [3.8, 4) is 10.8 Å². The summed E-state index contributed by atoms with van der Waals surface area (Å²) in [5, 5.41) is 16.6. The van der Waals surface area contributed by atoms with Gasteiger partial charge in [-0.2, -0.15) is 0 Å². The molecule has 0 amide bonds. The highest BCUT2D eigenvalue weighted by Gasteiger charge is 2.12. The van der Waals surface area contributed by atoms with Crippen molar-refractivity contribution in [2.24, 2.45) is 0 Å². The Morgan fingerprint density at radius 3 is 2.95 bits per heavy atom. The van der Waals surface area contributed by atoms with Gasteiger partial charge in [0.15, 0.2) is 0 Å². The molecule has 0 aliphatic carbocycles. The van der Waals surface area contributed by atoms with Crippen molar-refractivity contribution in [1.82, 2.24) is 15.1 Å². The second kappa shape index (κ2) is 6.96. The van der Waals surface area contributed by atoms with E-state index in [1.807, 2.05) is 24.1 Å². The molecule has 2 aromatic rings. The minimum absolute atomic E-state index is 0.169. The molecule has 1 N–H and O–H groups in total. The summed E-state index contributed by atoms with van der Waals surface area (Å²) >= 11 is 4.92. The molecular weight excluding hydrogens is 346 g/mol. The van der Waals surface area contributed by atoms with E-state index in [4.69, 9.17) is 9.52 Å². The van der Waals surface area contributed by atoms with E-state index in [2.05, 4.69) is 26.1 Å². The molecule has 20 heavy (non-hydrogen) atoms. The molecule has 2 heterocycles. The number of hydrogen-bond acceptors (Lipinski definition) is 6. The zero-order chi connectivity index (χ0) is 14.5. The van der Waals surface area contributed by atoms with Gasteiger partial charge in [0.25, 0.3) is 5.89 Å². The maximum Gasteiger partial charge on any atom is 0.303 e. The molecule has 0 fully saturated rings. The number of halogens is 1. The SMILES string of the molecule is CN(CCCC(=O)O)Cc1nnc(-c2ccc(Br)s2)o1. The molecule has 0 saturated heterocycles. The topological polar surface area (TPSA) is 79.5 Å². The summed E-state index contributed by atoms with van der Waals surface area (Å²) < 4.78 is 6.60. The van der Waals surface area contributed by atoms with E-state index in [0.717, 1.165) is 8.66 Å². The minimum Gasteiger partial charge on any atom is -0.481 e. The van der Waals surface area contributed by atoms with Gasteiger partial charge in [-0.05, 0) is 48.1 Å². The number of carbonyl (C=O) groups is 1. The molecule has 0 radical (unpaired) electrons. The highest BCUT2D eigenvalue weighted by molar-refractivity contribution is 9.11. The standard InChI is InChI=1S/C12H14BrN3O3S/c1-16(6-2-3-11(17)18)7-10-14-15-12(19-10)8-4-5-9(13)20-8/h4-5H,2-3,6-7H2,1H3,(H,17,18). The summed E-state index contributed by atoms with van der Waals surface area (Å²) in [5.74, 6) is 0.263. The van der Waals surface area contributed by atoms with Gasteiger partial charge in [-0.1, -0.05) is 0 Å². The van der Waals surface area contributed by atoms with Gasteiger partial charge in [-0.25, -0.2) is 0 Å².